The lowest BCUT2D eigenvalue weighted by Gasteiger charge is -2.22. The van der Waals surface area contributed by atoms with Gasteiger partial charge in [-0.3, -0.25) is 0 Å². The van der Waals surface area contributed by atoms with Gasteiger partial charge < -0.3 is 14.8 Å². The summed E-state index contributed by atoms with van der Waals surface area (Å²) >= 11 is 0. The molecule has 0 bridgehead atoms. The zero-order valence-electron chi connectivity index (χ0n) is 17.7. The van der Waals surface area contributed by atoms with Crippen LogP contribution in [0.4, 0.5) is 16.7 Å². The van der Waals surface area contributed by atoms with E-state index in [2.05, 4.69) is 20.3 Å². The molecule has 4 rings (SSSR count). The average molecular weight is 419 g/mol. The van der Waals surface area contributed by atoms with Crippen molar-refractivity contribution in [3.63, 3.8) is 0 Å². The molecule has 2 heterocycles. The van der Waals surface area contributed by atoms with Gasteiger partial charge in [-0.15, -0.1) is 0 Å². The van der Waals surface area contributed by atoms with Crippen LogP contribution in [0, 0.1) is 5.92 Å². The lowest BCUT2D eigenvalue weighted by Crippen LogP contribution is -2.38. The van der Waals surface area contributed by atoms with E-state index in [1.54, 1.807) is 0 Å². The quantitative estimate of drug-likeness (QED) is 0.587. The van der Waals surface area contributed by atoms with Crippen LogP contribution in [-0.2, 0) is 4.74 Å². The van der Waals surface area contributed by atoms with Crippen molar-refractivity contribution in [1.82, 2.24) is 15.0 Å². The van der Waals surface area contributed by atoms with E-state index in [1.165, 1.54) is 11.2 Å². The number of ether oxygens (including phenoxy) is 2. The fourth-order valence-corrected chi connectivity index (χ4v) is 3.36. The van der Waals surface area contributed by atoms with E-state index >= 15 is 0 Å². The maximum Gasteiger partial charge on any atom is 0.417 e. The van der Waals surface area contributed by atoms with Gasteiger partial charge in [-0.25, -0.2) is 19.7 Å². The zero-order valence-corrected chi connectivity index (χ0v) is 17.7. The van der Waals surface area contributed by atoms with E-state index in [-0.39, 0.29) is 23.9 Å². The van der Waals surface area contributed by atoms with E-state index in [0.29, 0.717) is 12.6 Å². The number of nitrogens with one attached hydrogen (secondary N) is 1. The fourth-order valence-electron chi connectivity index (χ4n) is 3.36. The van der Waals surface area contributed by atoms with Crippen molar-refractivity contribution in [1.29, 1.82) is 0 Å². The first-order chi connectivity index (χ1) is 15.0. The lowest BCUT2D eigenvalue weighted by atomic mass is 10.1. The topological polar surface area (TPSA) is 89.5 Å². The first-order valence-electron chi connectivity index (χ1n) is 10.3. The molecule has 1 amide bonds. The summed E-state index contributed by atoms with van der Waals surface area (Å²) in [6.07, 6.45) is 0.967. The fraction of sp³-hybridized carbons (Fsp3) is 0.304. The van der Waals surface area contributed by atoms with Gasteiger partial charge in [0.2, 0.25) is 11.9 Å². The molecule has 1 N–H and O–H groups in total. The summed E-state index contributed by atoms with van der Waals surface area (Å²) in [5, 5.41) is 3.27. The smallest absolute Gasteiger partial charge is 0.417 e. The lowest BCUT2D eigenvalue weighted by molar-refractivity contribution is 0.177. The van der Waals surface area contributed by atoms with Crippen molar-refractivity contribution in [2.45, 2.75) is 32.9 Å². The number of carbonyl (C=O) groups is 1. The number of nitrogens with zero attached hydrogens (tertiary/aromatic N) is 4. The maximum absolute atomic E-state index is 12.2. The molecule has 1 aromatic heterocycles. The Morgan fingerprint density at radius 1 is 1.03 bits per heavy atom. The Labute approximate surface area is 181 Å². The molecule has 1 aliphatic heterocycles. The molecule has 1 aliphatic rings. The number of amides is 1. The number of rotatable bonds is 7. The molecular weight excluding hydrogens is 394 g/mol. The summed E-state index contributed by atoms with van der Waals surface area (Å²) < 4.78 is 11.0. The third-order valence-electron chi connectivity index (χ3n) is 5.15. The highest BCUT2D eigenvalue weighted by molar-refractivity contribution is 5.88. The zero-order chi connectivity index (χ0) is 21.8. The molecule has 1 fully saturated rings. The van der Waals surface area contributed by atoms with Crippen LogP contribution in [0.5, 0.6) is 11.5 Å². The van der Waals surface area contributed by atoms with Gasteiger partial charge in [-0.2, -0.15) is 4.98 Å². The summed E-state index contributed by atoms with van der Waals surface area (Å²) in [5.74, 6) is 2.45. The summed E-state index contributed by atoms with van der Waals surface area (Å²) in [5.41, 5.74) is 1.04. The van der Waals surface area contributed by atoms with Crippen molar-refractivity contribution in [2.75, 3.05) is 16.8 Å². The molecule has 0 radical (unpaired) electrons. The largest absolute Gasteiger partial charge is 0.457 e. The second kappa shape index (κ2) is 8.99. The van der Waals surface area contributed by atoms with Crippen LogP contribution in [0.3, 0.4) is 0 Å². The minimum atomic E-state index is -0.432. The Bertz CT molecular complexity index is 1030. The molecule has 160 valence electrons. The van der Waals surface area contributed by atoms with Crippen LogP contribution in [0.1, 0.15) is 32.4 Å². The standard InChI is InChI=1S/C23H25N5O3/c1-15(2)20-13-30-23(29)28(20)22-25-14-24-21(27-22)26-16(3)17-9-11-19(12-10-17)31-18-7-5-4-6-8-18/h4-12,14-16,20H,13H2,1-3H3,(H,24,25,26,27)/t16-,20?/m1/s1. The monoisotopic (exact) mass is 419 g/mol. The van der Waals surface area contributed by atoms with Gasteiger partial charge in [0, 0.05) is 0 Å². The maximum atomic E-state index is 12.2. The molecule has 1 saturated heterocycles. The van der Waals surface area contributed by atoms with Crippen molar-refractivity contribution in [3.8, 4) is 11.5 Å². The van der Waals surface area contributed by atoms with Crippen LogP contribution < -0.4 is 15.0 Å². The number of benzene rings is 2. The van der Waals surface area contributed by atoms with Crippen molar-refractivity contribution in [2.24, 2.45) is 5.92 Å². The molecule has 8 nitrogen and oxygen atoms in total. The Morgan fingerprint density at radius 3 is 2.45 bits per heavy atom. The van der Waals surface area contributed by atoms with Crippen molar-refractivity contribution < 1.29 is 14.3 Å². The Kier molecular flexibility index (Phi) is 5.97. The van der Waals surface area contributed by atoms with E-state index in [9.17, 15) is 4.79 Å². The number of aromatic nitrogens is 3. The van der Waals surface area contributed by atoms with E-state index in [4.69, 9.17) is 9.47 Å². The molecular formula is C23H25N5O3. The van der Waals surface area contributed by atoms with Gasteiger partial charge in [0.1, 0.15) is 24.4 Å². The highest BCUT2D eigenvalue weighted by atomic mass is 16.6. The molecule has 0 aliphatic carbocycles. The van der Waals surface area contributed by atoms with Crippen LogP contribution in [0.2, 0.25) is 0 Å². The number of anilines is 2. The normalized spacial score (nSPS) is 16.8. The second-order valence-corrected chi connectivity index (χ2v) is 7.72. The predicted octanol–water partition coefficient (Wildman–Crippen LogP) is 4.82. The molecule has 31 heavy (non-hydrogen) atoms. The number of hydrogen-bond donors (Lipinski definition) is 1. The first kappa shape index (κ1) is 20.6. The predicted molar refractivity (Wildman–Crippen MR) is 117 cm³/mol. The highest BCUT2D eigenvalue weighted by Crippen LogP contribution is 2.26. The van der Waals surface area contributed by atoms with Gasteiger partial charge >= 0.3 is 6.09 Å². The number of cyclic esters (lactones) is 1. The summed E-state index contributed by atoms with van der Waals surface area (Å²) in [6.45, 7) is 6.41. The third kappa shape index (κ3) is 4.74. The molecule has 0 saturated carbocycles. The van der Waals surface area contributed by atoms with Crippen molar-refractivity contribution in [3.05, 3.63) is 66.5 Å². The number of para-hydroxylation sites is 1. The minimum Gasteiger partial charge on any atom is -0.457 e. The molecule has 0 spiro atoms. The molecule has 8 heteroatoms. The van der Waals surface area contributed by atoms with Gasteiger partial charge in [0.05, 0.1) is 12.1 Å². The number of hydrogen-bond acceptors (Lipinski definition) is 7. The van der Waals surface area contributed by atoms with Gasteiger partial charge in [0.25, 0.3) is 0 Å². The third-order valence-corrected chi connectivity index (χ3v) is 5.15. The Hall–Kier alpha value is -3.68. The summed E-state index contributed by atoms with van der Waals surface area (Å²) in [6, 6.07) is 17.3. The summed E-state index contributed by atoms with van der Waals surface area (Å²) in [7, 11) is 0. The van der Waals surface area contributed by atoms with Crippen molar-refractivity contribution >= 4 is 18.0 Å². The van der Waals surface area contributed by atoms with Gasteiger partial charge in [-0.05, 0) is 42.7 Å². The first-order valence-corrected chi connectivity index (χ1v) is 10.3. The molecule has 2 atom stereocenters. The number of carbonyl (C=O) groups excluding carboxylic acids is 1. The molecule has 1 unspecified atom stereocenters. The highest BCUT2D eigenvalue weighted by Gasteiger charge is 2.38. The molecule has 2 aromatic carbocycles. The Balaban J connectivity index is 1.44. The molecule has 3 aromatic rings. The average Bonchev–Trinajstić information content (AvgIpc) is 3.17. The SMILES string of the molecule is CC(C)C1COC(=O)N1c1ncnc(N[C@H](C)c2ccc(Oc3ccccc3)cc2)n1. The van der Waals surface area contributed by atoms with E-state index in [0.717, 1.165) is 17.1 Å². The Morgan fingerprint density at radius 2 is 1.74 bits per heavy atom. The van der Waals surface area contributed by atoms with Gasteiger partial charge in [-0.1, -0.05) is 44.2 Å². The van der Waals surface area contributed by atoms with Gasteiger partial charge in [0.15, 0.2) is 0 Å². The second-order valence-electron chi connectivity index (χ2n) is 7.72. The van der Waals surface area contributed by atoms with Crippen LogP contribution in [0.25, 0.3) is 0 Å². The van der Waals surface area contributed by atoms with E-state index in [1.807, 2.05) is 75.4 Å². The van der Waals surface area contributed by atoms with Crippen LogP contribution in [0.15, 0.2) is 60.9 Å². The van der Waals surface area contributed by atoms with E-state index < -0.39 is 6.09 Å². The summed E-state index contributed by atoms with van der Waals surface area (Å²) in [4.78, 5) is 26.5. The minimum absolute atomic E-state index is 0.0625. The van der Waals surface area contributed by atoms with Crippen LogP contribution in [-0.4, -0.2) is 33.7 Å². The van der Waals surface area contributed by atoms with Crippen LogP contribution >= 0.6 is 0 Å².